The van der Waals surface area contributed by atoms with E-state index in [0.717, 1.165) is 55.3 Å². The Morgan fingerprint density at radius 3 is 1.88 bits per heavy atom. The van der Waals surface area contributed by atoms with E-state index >= 15 is 0 Å². The van der Waals surface area contributed by atoms with Crippen LogP contribution in [0.15, 0.2) is 11.6 Å². The third kappa shape index (κ3) is 11.3. The molecule has 4 aliphatic carbocycles. The number of rotatable bonds is 9. The lowest BCUT2D eigenvalue weighted by Gasteiger charge is -2.58. The minimum atomic E-state index is -0.689. The minimum absolute atomic E-state index is 0.00424. The Bertz CT molecular complexity index is 1420. The predicted molar refractivity (Wildman–Crippen MR) is 224 cm³/mol. The summed E-state index contributed by atoms with van der Waals surface area (Å²) in [5.74, 6) is 4.19. The van der Waals surface area contributed by atoms with Crippen molar-refractivity contribution >= 4 is 24.1 Å². The van der Waals surface area contributed by atoms with Gasteiger partial charge in [0.15, 0.2) is 0 Å². The fourth-order valence-electron chi connectivity index (χ4n) is 11.7. The van der Waals surface area contributed by atoms with Crippen LogP contribution in [0.3, 0.4) is 0 Å². The summed E-state index contributed by atoms with van der Waals surface area (Å²) < 4.78 is 17.4. The van der Waals surface area contributed by atoms with Crippen LogP contribution in [0.25, 0.3) is 0 Å². The summed E-state index contributed by atoms with van der Waals surface area (Å²) in [6.07, 6.45) is 14.8. The lowest BCUT2D eigenvalue weighted by Crippen LogP contribution is -2.51. The zero-order valence-electron chi connectivity index (χ0n) is 37.8. The first-order valence-corrected chi connectivity index (χ1v) is 22.7. The number of fused-ring (bicyclic) bond motifs is 5. The number of carbonyl (C=O) groups is 4. The number of amides is 3. The molecule has 1 aliphatic heterocycles. The van der Waals surface area contributed by atoms with Crippen molar-refractivity contribution in [1.29, 1.82) is 0 Å². The van der Waals surface area contributed by atoms with Crippen molar-refractivity contribution < 1.29 is 33.4 Å². The highest BCUT2D eigenvalue weighted by molar-refractivity contribution is 5.81. The second-order valence-corrected chi connectivity index (χ2v) is 21.5. The number of ether oxygens (including phenoxy) is 3. The fraction of sp³-hybridized carbons (Fsp3) is 0.872. The summed E-state index contributed by atoms with van der Waals surface area (Å²) in [4.78, 5) is 57.8. The molecule has 0 aromatic carbocycles. The number of esters is 1. The molecule has 0 radical (unpaired) electrons. The standard InChI is InChI=1S/C47H79N3O7/c1-32(2)13-12-14-33(3)37-17-18-38-36-16-15-34-31-35(21-23-46(34,10)39(36)22-24-47(37,38)11)55-41(52)20-19-40(51)48-25-27-49(42(53)56-44(4,5)6)29-30-50(28-26-48)43(54)57-45(7,8)9/h15,32-33,35-39H,12-14,16-31H2,1-11H3/t33-,35+,36+,37-,38+,39+,46+,47-/m1/s1. The molecule has 8 atom stereocenters. The topological polar surface area (TPSA) is 106 Å². The van der Waals surface area contributed by atoms with Crippen LogP contribution in [0.4, 0.5) is 9.59 Å². The number of nitrogens with zero attached hydrogens (tertiary/aromatic N) is 3. The average Bonchev–Trinajstić information content (AvgIpc) is 3.51. The van der Waals surface area contributed by atoms with Gasteiger partial charge in [0, 0.05) is 52.1 Å². The van der Waals surface area contributed by atoms with Gasteiger partial charge in [-0.3, -0.25) is 9.59 Å². The van der Waals surface area contributed by atoms with Crippen LogP contribution in [0.1, 0.15) is 160 Å². The predicted octanol–water partition coefficient (Wildman–Crippen LogP) is 10.0. The summed E-state index contributed by atoms with van der Waals surface area (Å²) in [5, 5.41) is 0. The van der Waals surface area contributed by atoms with Gasteiger partial charge >= 0.3 is 18.2 Å². The van der Waals surface area contributed by atoms with E-state index in [2.05, 4.69) is 40.7 Å². The second kappa shape index (κ2) is 18.2. The molecule has 1 heterocycles. The lowest BCUT2D eigenvalue weighted by atomic mass is 9.47. The van der Waals surface area contributed by atoms with Crippen LogP contribution >= 0.6 is 0 Å². The molecule has 0 bridgehead atoms. The molecule has 5 aliphatic rings. The largest absolute Gasteiger partial charge is 0.462 e. The van der Waals surface area contributed by atoms with Crippen molar-refractivity contribution in [2.24, 2.45) is 46.3 Å². The van der Waals surface area contributed by atoms with Crippen molar-refractivity contribution in [2.75, 3.05) is 39.3 Å². The van der Waals surface area contributed by atoms with Gasteiger partial charge in [0.1, 0.15) is 17.3 Å². The number of carbonyl (C=O) groups excluding carboxylic acids is 4. The lowest BCUT2D eigenvalue weighted by molar-refractivity contribution is -0.153. The van der Waals surface area contributed by atoms with E-state index in [1.54, 1.807) is 4.90 Å². The summed E-state index contributed by atoms with van der Waals surface area (Å²) in [6.45, 7) is 24.8. The highest BCUT2D eigenvalue weighted by Crippen LogP contribution is 2.67. The Kier molecular flexibility index (Phi) is 14.5. The zero-order valence-corrected chi connectivity index (χ0v) is 37.8. The van der Waals surface area contributed by atoms with Crippen molar-refractivity contribution in [3.8, 4) is 0 Å². The van der Waals surface area contributed by atoms with Crippen LogP contribution in [-0.4, -0.2) is 95.3 Å². The molecule has 1 saturated heterocycles. The van der Waals surface area contributed by atoms with Gasteiger partial charge in [0.2, 0.25) is 5.91 Å². The van der Waals surface area contributed by atoms with Gasteiger partial charge in [0.25, 0.3) is 0 Å². The van der Waals surface area contributed by atoms with Gasteiger partial charge in [0.05, 0.1) is 6.42 Å². The number of hydrogen-bond acceptors (Lipinski definition) is 7. The van der Waals surface area contributed by atoms with Gasteiger partial charge in [-0.15, -0.1) is 0 Å². The normalized spacial score (nSPS) is 31.5. The maximum atomic E-state index is 13.6. The highest BCUT2D eigenvalue weighted by Gasteiger charge is 2.59. The average molecular weight is 798 g/mol. The van der Waals surface area contributed by atoms with Crippen molar-refractivity contribution in [1.82, 2.24) is 14.7 Å². The first-order chi connectivity index (χ1) is 26.6. The molecule has 0 unspecified atom stereocenters. The molecule has 4 fully saturated rings. The van der Waals surface area contributed by atoms with Crippen molar-refractivity contribution in [3.05, 3.63) is 11.6 Å². The highest BCUT2D eigenvalue weighted by atomic mass is 16.6. The Morgan fingerprint density at radius 1 is 0.737 bits per heavy atom. The molecule has 0 N–H and O–H groups in total. The van der Waals surface area contributed by atoms with E-state index in [-0.39, 0.29) is 75.5 Å². The van der Waals surface area contributed by atoms with E-state index in [0.29, 0.717) is 11.3 Å². The third-order valence-electron chi connectivity index (χ3n) is 14.7. The molecule has 324 valence electrons. The zero-order chi connectivity index (χ0) is 41.9. The van der Waals surface area contributed by atoms with Gasteiger partial charge in [-0.2, -0.15) is 0 Å². The molecule has 10 nitrogen and oxygen atoms in total. The summed E-state index contributed by atoms with van der Waals surface area (Å²) in [6, 6.07) is 0. The van der Waals surface area contributed by atoms with E-state index in [9.17, 15) is 19.2 Å². The second-order valence-electron chi connectivity index (χ2n) is 21.5. The molecule has 3 amide bonds. The van der Waals surface area contributed by atoms with E-state index < -0.39 is 23.4 Å². The van der Waals surface area contributed by atoms with Crippen LogP contribution in [0, 0.1) is 46.3 Å². The molecule has 5 rings (SSSR count). The number of hydrogen-bond donors (Lipinski definition) is 0. The van der Waals surface area contributed by atoms with E-state index in [1.807, 2.05) is 41.5 Å². The third-order valence-corrected chi connectivity index (χ3v) is 14.7. The summed E-state index contributed by atoms with van der Waals surface area (Å²) in [5.41, 5.74) is 0.752. The first kappa shape index (κ1) is 45.3. The van der Waals surface area contributed by atoms with E-state index in [1.165, 1.54) is 60.3 Å². The Morgan fingerprint density at radius 2 is 1.32 bits per heavy atom. The Hall–Kier alpha value is -2.78. The van der Waals surface area contributed by atoms with Gasteiger partial charge in [-0.05, 0) is 133 Å². The first-order valence-electron chi connectivity index (χ1n) is 22.7. The summed E-state index contributed by atoms with van der Waals surface area (Å²) >= 11 is 0. The maximum Gasteiger partial charge on any atom is 0.410 e. The fourth-order valence-corrected chi connectivity index (χ4v) is 11.7. The number of allylic oxidation sites excluding steroid dienone is 1. The minimum Gasteiger partial charge on any atom is -0.462 e. The smallest absolute Gasteiger partial charge is 0.410 e. The van der Waals surface area contributed by atoms with Gasteiger partial charge < -0.3 is 28.9 Å². The molecule has 0 spiro atoms. The SMILES string of the molecule is CC(C)CCC[C@@H](C)[C@H]1CC[C@H]2[C@@H]3CC=C4C[C@@H](OC(=O)CCC(=O)N5CCN(C(=O)OC(C)(C)C)CCN(C(=O)OC(C)(C)C)CC5)CC[C@]4(C)[C@H]3CC[C@]12C. The molecular weight excluding hydrogens is 719 g/mol. The van der Waals surface area contributed by atoms with Crippen LogP contribution in [0.5, 0.6) is 0 Å². The van der Waals surface area contributed by atoms with Crippen molar-refractivity contribution in [2.45, 2.75) is 177 Å². The monoisotopic (exact) mass is 798 g/mol. The molecule has 10 heteroatoms. The molecule has 0 aromatic heterocycles. The summed E-state index contributed by atoms with van der Waals surface area (Å²) in [7, 11) is 0. The molecule has 57 heavy (non-hydrogen) atoms. The molecule has 3 saturated carbocycles. The molecule has 0 aromatic rings. The van der Waals surface area contributed by atoms with Crippen molar-refractivity contribution in [3.63, 3.8) is 0 Å². The maximum absolute atomic E-state index is 13.6. The van der Waals surface area contributed by atoms with Gasteiger partial charge in [-0.25, -0.2) is 9.59 Å². The van der Waals surface area contributed by atoms with Crippen LogP contribution in [0.2, 0.25) is 0 Å². The van der Waals surface area contributed by atoms with E-state index in [4.69, 9.17) is 14.2 Å². The Balaban J connectivity index is 1.15. The van der Waals surface area contributed by atoms with Gasteiger partial charge in [-0.1, -0.05) is 65.5 Å². The van der Waals surface area contributed by atoms with Crippen LogP contribution < -0.4 is 0 Å². The Labute approximate surface area is 345 Å². The van der Waals surface area contributed by atoms with Crippen LogP contribution in [-0.2, 0) is 23.8 Å². The molecular formula is C47H79N3O7. The quantitative estimate of drug-likeness (QED) is 0.130.